The van der Waals surface area contributed by atoms with Crippen molar-refractivity contribution in [3.05, 3.63) is 0 Å². The van der Waals surface area contributed by atoms with Gasteiger partial charge in [0.2, 0.25) is 0 Å². The van der Waals surface area contributed by atoms with Crippen molar-refractivity contribution in [2.24, 2.45) is 5.41 Å². The summed E-state index contributed by atoms with van der Waals surface area (Å²) in [6.07, 6.45) is -2.62. The average Bonchev–Trinajstić information content (AvgIpc) is 1.99. The van der Waals surface area contributed by atoms with E-state index in [1.54, 1.807) is 27.7 Å². The minimum atomic E-state index is -2.69. The SMILES string of the molecule is CCC(C)(C(=O)OC(C)(C)C)C(F)F. The van der Waals surface area contributed by atoms with Crippen LogP contribution in [0.4, 0.5) is 8.78 Å². The van der Waals surface area contributed by atoms with Crippen molar-refractivity contribution in [1.29, 1.82) is 0 Å². The summed E-state index contributed by atoms with van der Waals surface area (Å²) in [4.78, 5) is 11.5. The van der Waals surface area contributed by atoms with E-state index in [4.69, 9.17) is 4.74 Å². The summed E-state index contributed by atoms with van der Waals surface area (Å²) in [6, 6.07) is 0. The number of rotatable bonds is 3. The molecule has 0 aliphatic carbocycles. The summed E-state index contributed by atoms with van der Waals surface area (Å²) in [7, 11) is 0. The van der Waals surface area contributed by atoms with Crippen LogP contribution < -0.4 is 0 Å². The molecule has 0 heterocycles. The predicted octanol–water partition coefficient (Wildman–Crippen LogP) is 3.01. The van der Waals surface area contributed by atoms with Gasteiger partial charge in [0.15, 0.2) is 0 Å². The summed E-state index contributed by atoms with van der Waals surface area (Å²) >= 11 is 0. The molecular weight excluding hydrogens is 190 g/mol. The zero-order chi connectivity index (χ0) is 11.6. The lowest BCUT2D eigenvalue weighted by Gasteiger charge is -2.29. The fourth-order valence-corrected chi connectivity index (χ4v) is 0.782. The van der Waals surface area contributed by atoms with E-state index in [0.29, 0.717) is 0 Å². The third kappa shape index (κ3) is 3.24. The van der Waals surface area contributed by atoms with E-state index in [9.17, 15) is 13.6 Å². The number of carbonyl (C=O) groups is 1. The van der Waals surface area contributed by atoms with Gasteiger partial charge in [-0.05, 0) is 34.1 Å². The fourth-order valence-electron chi connectivity index (χ4n) is 0.782. The Morgan fingerprint density at radius 3 is 1.93 bits per heavy atom. The minimum absolute atomic E-state index is 0.0690. The summed E-state index contributed by atoms with van der Waals surface area (Å²) in [6.45, 7) is 7.76. The van der Waals surface area contributed by atoms with Gasteiger partial charge in [0.1, 0.15) is 11.0 Å². The molecule has 0 aliphatic heterocycles. The lowest BCUT2D eigenvalue weighted by Crippen LogP contribution is -2.40. The van der Waals surface area contributed by atoms with Crippen molar-refractivity contribution < 1.29 is 18.3 Å². The molecule has 0 aromatic heterocycles. The molecular formula is C10H18F2O2. The van der Waals surface area contributed by atoms with Crippen molar-refractivity contribution in [2.75, 3.05) is 0 Å². The molecule has 0 amide bonds. The zero-order valence-corrected chi connectivity index (χ0v) is 9.36. The van der Waals surface area contributed by atoms with Crippen LogP contribution in [0.5, 0.6) is 0 Å². The predicted molar refractivity (Wildman–Crippen MR) is 50.2 cm³/mol. The molecule has 14 heavy (non-hydrogen) atoms. The Balaban J connectivity index is 4.64. The van der Waals surface area contributed by atoms with Gasteiger partial charge in [0.25, 0.3) is 6.43 Å². The highest BCUT2D eigenvalue weighted by molar-refractivity contribution is 5.77. The first-order valence-electron chi connectivity index (χ1n) is 4.65. The quantitative estimate of drug-likeness (QED) is 0.666. The zero-order valence-electron chi connectivity index (χ0n) is 9.36. The van der Waals surface area contributed by atoms with Crippen molar-refractivity contribution in [2.45, 2.75) is 53.1 Å². The van der Waals surface area contributed by atoms with Crippen molar-refractivity contribution in [3.8, 4) is 0 Å². The maximum absolute atomic E-state index is 12.6. The van der Waals surface area contributed by atoms with E-state index in [1.807, 2.05) is 0 Å². The molecule has 0 aromatic rings. The first kappa shape index (κ1) is 13.3. The first-order valence-corrected chi connectivity index (χ1v) is 4.65. The van der Waals surface area contributed by atoms with E-state index in [0.717, 1.165) is 0 Å². The molecule has 1 unspecified atom stereocenters. The summed E-state index contributed by atoms with van der Waals surface area (Å²) in [5, 5.41) is 0. The van der Waals surface area contributed by atoms with Crippen molar-refractivity contribution in [3.63, 3.8) is 0 Å². The van der Waals surface area contributed by atoms with Gasteiger partial charge in [0.05, 0.1) is 0 Å². The number of alkyl halides is 2. The number of hydrogen-bond donors (Lipinski definition) is 0. The van der Waals surface area contributed by atoms with Crippen LogP contribution in [-0.4, -0.2) is 18.0 Å². The molecule has 0 N–H and O–H groups in total. The van der Waals surface area contributed by atoms with Gasteiger partial charge in [-0.25, -0.2) is 8.78 Å². The fraction of sp³-hybridized carbons (Fsp3) is 0.900. The van der Waals surface area contributed by atoms with Gasteiger partial charge in [-0.2, -0.15) is 0 Å². The lowest BCUT2D eigenvalue weighted by molar-refractivity contribution is -0.176. The van der Waals surface area contributed by atoms with Gasteiger partial charge in [-0.1, -0.05) is 6.92 Å². The van der Waals surface area contributed by atoms with Crippen LogP contribution in [0.1, 0.15) is 41.0 Å². The Kier molecular flexibility index (Phi) is 4.03. The van der Waals surface area contributed by atoms with E-state index >= 15 is 0 Å². The maximum atomic E-state index is 12.6. The Hall–Kier alpha value is -0.670. The molecule has 0 aromatic carbocycles. The Morgan fingerprint density at radius 1 is 1.29 bits per heavy atom. The van der Waals surface area contributed by atoms with Crippen molar-refractivity contribution >= 4 is 5.97 Å². The van der Waals surface area contributed by atoms with Gasteiger partial charge >= 0.3 is 5.97 Å². The molecule has 1 atom stereocenters. The Bertz CT molecular complexity index is 209. The third-order valence-corrected chi connectivity index (χ3v) is 2.08. The van der Waals surface area contributed by atoms with Gasteiger partial charge in [-0.3, -0.25) is 4.79 Å². The highest BCUT2D eigenvalue weighted by atomic mass is 19.3. The van der Waals surface area contributed by atoms with Crippen LogP contribution in [0.25, 0.3) is 0 Å². The van der Waals surface area contributed by atoms with Crippen molar-refractivity contribution in [1.82, 2.24) is 0 Å². The highest BCUT2D eigenvalue weighted by Crippen LogP contribution is 2.32. The molecule has 84 valence electrons. The number of carbonyl (C=O) groups excluding carboxylic acids is 1. The summed E-state index contributed by atoms with van der Waals surface area (Å²) in [5.74, 6) is -0.831. The molecule has 0 rings (SSSR count). The third-order valence-electron chi connectivity index (χ3n) is 2.08. The number of hydrogen-bond acceptors (Lipinski definition) is 2. The molecule has 0 bridgehead atoms. The molecule has 0 saturated heterocycles. The molecule has 4 heteroatoms. The van der Waals surface area contributed by atoms with E-state index < -0.39 is 23.4 Å². The molecule has 0 radical (unpaired) electrons. The summed E-state index contributed by atoms with van der Waals surface area (Å²) in [5.41, 5.74) is -2.41. The standard InChI is InChI=1S/C10H18F2O2/c1-6-10(5,7(11)12)8(13)14-9(2,3)4/h7H,6H2,1-5H3. The van der Waals surface area contributed by atoms with Gasteiger partial charge in [0, 0.05) is 0 Å². The first-order chi connectivity index (χ1) is 6.13. The molecule has 0 fully saturated rings. The van der Waals surface area contributed by atoms with Crippen LogP contribution in [-0.2, 0) is 9.53 Å². The summed E-state index contributed by atoms with van der Waals surface area (Å²) < 4.78 is 30.2. The average molecular weight is 208 g/mol. The second-order valence-electron chi connectivity index (χ2n) is 4.57. The maximum Gasteiger partial charge on any atom is 0.318 e. The van der Waals surface area contributed by atoms with Crippen LogP contribution in [0.3, 0.4) is 0 Å². The number of ether oxygens (including phenoxy) is 1. The minimum Gasteiger partial charge on any atom is -0.459 e. The van der Waals surface area contributed by atoms with E-state index in [2.05, 4.69) is 0 Å². The molecule has 0 saturated carbocycles. The van der Waals surface area contributed by atoms with Crippen LogP contribution >= 0.6 is 0 Å². The van der Waals surface area contributed by atoms with E-state index in [1.165, 1.54) is 6.92 Å². The smallest absolute Gasteiger partial charge is 0.318 e. The van der Waals surface area contributed by atoms with Gasteiger partial charge < -0.3 is 4.74 Å². The molecule has 0 aliphatic rings. The number of halogens is 2. The normalized spacial score (nSPS) is 16.6. The lowest BCUT2D eigenvalue weighted by atomic mass is 9.88. The van der Waals surface area contributed by atoms with Crippen LogP contribution in [0, 0.1) is 5.41 Å². The Morgan fingerprint density at radius 2 is 1.71 bits per heavy atom. The molecule has 0 spiro atoms. The topological polar surface area (TPSA) is 26.3 Å². The number of esters is 1. The molecule has 2 nitrogen and oxygen atoms in total. The van der Waals surface area contributed by atoms with E-state index in [-0.39, 0.29) is 6.42 Å². The van der Waals surface area contributed by atoms with Crippen LogP contribution in [0.2, 0.25) is 0 Å². The monoisotopic (exact) mass is 208 g/mol. The Labute approximate surface area is 83.6 Å². The largest absolute Gasteiger partial charge is 0.459 e. The second kappa shape index (κ2) is 4.24. The second-order valence-corrected chi connectivity index (χ2v) is 4.57. The van der Waals surface area contributed by atoms with Gasteiger partial charge in [-0.15, -0.1) is 0 Å². The highest BCUT2D eigenvalue weighted by Gasteiger charge is 2.43. The van der Waals surface area contributed by atoms with Crippen LogP contribution in [0.15, 0.2) is 0 Å².